The van der Waals surface area contributed by atoms with E-state index >= 15 is 0 Å². The van der Waals surface area contributed by atoms with Gasteiger partial charge in [-0.1, -0.05) is 19.1 Å². The minimum atomic E-state index is -4.53. The zero-order valence-electron chi connectivity index (χ0n) is 30.7. The molecule has 1 aromatic carbocycles. The molecule has 3 aromatic heterocycles. The lowest BCUT2D eigenvalue weighted by Gasteiger charge is -2.36. The molecular weight excluding hydrogens is 707 g/mol. The van der Waals surface area contributed by atoms with Gasteiger partial charge in [-0.15, -0.1) is 5.10 Å². The van der Waals surface area contributed by atoms with Crippen molar-refractivity contribution in [2.24, 2.45) is 0 Å². The van der Waals surface area contributed by atoms with E-state index in [1.807, 2.05) is 17.9 Å². The van der Waals surface area contributed by atoms with E-state index in [4.69, 9.17) is 4.74 Å². The first-order chi connectivity index (χ1) is 25.5. The lowest BCUT2D eigenvalue weighted by molar-refractivity contribution is -0.137. The number of aryl methyl sites for hydroxylation is 1. The fourth-order valence-corrected chi connectivity index (χ4v) is 6.49. The molecule has 1 N–H and O–H groups in total. The van der Waals surface area contributed by atoms with Gasteiger partial charge < -0.3 is 29.3 Å². The Morgan fingerprint density at radius 3 is 2.28 bits per heavy atom. The molecule has 0 aliphatic carbocycles. The number of ether oxygens (including phenoxy) is 1. The first-order valence-corrected chi connectivity index (χ1v) is 17.7. The number of anilines is 2. The molecule has 3 amide bonds. The molecule has 4 aromatic rings. The third-order valence-corrected chi connectivity index (χ3v) is 9.28. The number of pyridine rings is 1. The molecule has 286 valence electrons. The fraction of sp³-hybridized carbons (Fsp3) is 0.432. The van der Waals surface area contributed by atoms with Crippen LogP contribution >= 0.6 is 0 Å². The highest BCUT2D eigenvalue weighted by atomic mass is 19.4. The molecule has 0 bridgehead atoms. The number of hydrogen-bond acceptors (Lipinski definition) is 9. The molecule has 0 atom stereocenters. The number of carbonyl (C=O) groups is 3. The van der Waals surface area contributed by atoms with Gasteiger partial charge in [0.05, 0.1) is 5.56 Å². The molecule has 1 fully saturated rings. The topological polar surface area (TPSA) is 147 Å². The van der Waals surface area contributed by atoms with E-state index in [9.17, 15) is 32.3 Å². The quantitative estimate of drug-likeness (QED) is 0.282. The van der Waals surface area contributed by atoms with E-state index in [-0.39, 0.29) is 42.0 Å². The second kappa shape index (κ2) is 14.9. The highest BCUT2D eigenvalue weighted by Gasteiger charge is 2.32. The number of alkyl halides is 3. The summed E-state index contributed by atoms with van der Waals surface area (Å²) < 4.78 is 47.5. The van der Waals surface area contributed by atoms with Crippen LogP contribution in [-0.4, -0.2) is 96.7 Å². The van der Waals surface area contributed by atoms with Crippen molar-refractivity contribution in [2.75, 3.05) is 49.5 Å². The SMILES string of the molecule is CCc1cccnc1C(=O)N1CCN(c2c(C)n(CC(=O)Nc3ccc(C(F)(F)F)cc3)c3nc(C4=CCN(C(=O)OC(C)(C)C)CC4)nn3c2=O)CC1. The normalized spacial score (nSPS) is 15.3. The van der Waals surface area contributed by atoms with E-state index < -0.39 is 34.9 Å². The predicted octanol–water partition coefficient (Wildman–Crippen LogP) is 4.80. The Kier molecular flexibility index (Phi) is 10.5. The number of carbonyl (C=O) groups excluding carboxylic acids is 3. The molecule has 54 heavy (non-hydrogen) atoms. The fourth-order valence-electron chi connectivity index (χ4n) is 6.49. The van der Waals surface area contributed by atoms with Gasteiger partial charge in [-0.25, -0.2) is 4.79 Å². The van der Waals surface area contributed by atoms with Gasteiger partial charge in [0.25, 0.3) is 11.5 Å². The van der Waals surface area contributed by atoms with Gasteiger partial charge >= 0.3 is 12.3 Å². The first kappa shape index (κ1) is 38.0. The number of nitrogens with one attached hydrogen (secondary N) is 1. The van der Waals surface area contributed by atoms with Crippen LogP contribution in [0.2, 0.25) is 0 Å². The average molecular weight is 750 g/mol. The number of amides is 3. The molecule has 6 rings (SSSR count). The van der Waals surface area contributed by atoms with Crippen molar-refractivity contribution in [3.63, 3.8) is 0 Å². The smallest absolute Gasteiger partial charge is 0.416 e. The van der Waals surface area contributed by atoms with Gasteiger partial charge in [0, 0.05) is 56.8 Å². The third-order valence-electron chi connectivity index (χ3n) is 9.28. The minimum absolute atomic E-state index is 0.0883. The Bertz CT molecular complexity index is 2160. The molecule has 2 aliphatic heterocycles. The van der Waals surface area contributed by atoms with Gasteiger partial charge in [-0.05, 0) is 82.0 Å². The van der Waals surface area contributed by atoms with Gasteiger partial charge in [-0.3, -0.25) is 19.4 Å². The van der Waals surface area contributed by atoms with Crippen molar-refractivity contribution in [1.82, 2.24) is 33.9 Å². The second-order valence-corrected chi connectivity index (χ2v) is 14.1. The Labute approximate surface area is 309 Å². The van der Waals surface area contributed by atoms with Crippen molar-refractivity contribution in [3.8, 4) is 0 Å². The van der Waals surface area contributed by atoms with Crippen LogP contribution in [0, 0.1) is 6.92 Å². The molecule has 17 heteroatoms. The standard InChI is InChI=1S/C37H42F3N9O5/c1-6-24-8-7-15-41-29(24)32(51)46-20-18-45(19-21-46)30-23(2)48(22-28(50)42-27-11-9-26(10-12-27)37(38,39)40)34-43-31(44-49(34)33(30)52)25-13-16-47(17-14-25)35(53)54-36(3,4)5/h7-13,15H,6,14,16-22H2,1-5H3,(H,42,50). The van der Waals surface area contributed by atoms with Gasteiger partial charge in [0.2, 0.25) is 11.7 Å². The maximum absolute atomic E-state index is 14.2. The summed E-state index contributed by atoms with van der Waals surface area (Å²) in [6, 6.07) is 7.76. The third kappa shape index (κ3) is 8.09. The molecule has 2 aliphatic rings. The minimum Gasteiger partial charge on any atom is -0.444 e. The van der Waals surface area contributed by atoms with E-state index in [2.05, 4.69) is 20.4 Å². The predicted molar refractivity (Wildman–Crippen MR) is 194 cm³/mol. The molecule has 0 spiro atoms. The molecule has 14 nitrogen and oxygen atoms in total. The number of fused-ring (bicyclic) bond motifs is 1. The van der Waals surface area contributed by atoms with Gasteiger partial charge in [0.15, 0.2) is 5.82 Å². The Morgan fingerprint density at radius 2 is 1.67 bits per heavy atom. The van der Waals surface area contributed by atoms with Gasteiger partial charge in [0.1, 0.15) is 23.5 Å². The van der Waals surface area contributed by atoms with E-state index in [1.165, 1.54) is 12.1 Å². The van der Waals surface area contributed by atoms with Crippen molar-refractivity contribution in [3.05, 3.63) is 87.4 Å². The molecule has 0 unspecified atom stereocenters. The van der Waals surface area contributed by atoms with E-state index in [0.29, 0.717) is 62.5 Å². The molecule has 1 saturated heterocycles. The number of rotatable bonds is 7. The van der Waals surface area contributed by atoms with Crippen LogP contribution in [0.5, 0.6) is 0 Å². The van der Waals surface area contributed by atoms with E-state index in [1.54, 1.807) is 60.4 Å². The summed E-state index contributed by atoms with van der Waals surface area (Å²) in [5, 5.41) is 7.21. The largest absolute Gasteiger partial charge is 0.444 e. The van der Waals surface area contributed by atoms with Crippen LogP contribution in [0.15, 0.2) is 53.5 Å². The number of aromatic nitrogens is 5. The first-order valence-electron chi connectivity index (χ1n) is 17.7. The number of benzene rings is 1. The number of piperazine rings is 1. The van der Waals surface area contributed by atoms with Crippen LogP contribution in [0.1, 0.15) is 67.2 Å². The summed E-state index contributed by atoms with van der Waals surface area (Å²) in [6.45, 7) is 10.5. The molecule has 0 saturated carbocycles. The lowest BCUT2D eigenvalue weighted by Crippen LogP contribution is -2.51. The maximum Gasteiger partial charge on any atom is 0.416 e. The zero-order valence-corrected chi connectivity index (χ0v) is 30.7. The summed E-state index contributed by atoms with van der Waals surface area (Å²) in [4.78, 5) is 67.8. The van der Waals surface area contributed by atoms with Crippen LogP contribution in [0.3, 0.4) is 0 Å². The van der Waals surface area contributed by atoms with Crippen molar-refractivity contribution in [1.29, 1.82) is 0 Å². The van der Waals surface area contributed by atoms with Crippen molar-refractivity contribution in [2.45, 2.75) is 65.8 Å². The lowest BCUT2D eigenvalue weighted by atomic mass is 10.1. The average Bonchev–Trinajstić information content (AvgIpc) is 3.59. The Balaban J connectivity index is 1.30. The summed E-state index contributed by atoms with van der Waals surface area (Å²) >= 11 is 0. The number of hydrogen-bond donors (Lipinski definition) is 1. The number of halogens is 3. The maximum atomic E-state index is 14.2. The Morgan fingerprint density at radius 1 is 0.963 bits per heavy atom. The highest BCUT2D eigenvalue weighted by Crippen LogP contribution is 2.30. The monoisotopic (exact) mass is 749 g/mol. The van der Waals surface area contributed by atoms with Gasteiger partial charge in [-0.2, -0.15) is 22.7 Å². The summed E-state index contributed by atoms with van der Waals surface area (Å²) in [5.74, 6) is -0.419. The van der Waals surface area contributed by atoms with Crippen LogP contribution in [-0.2, 0) is 28.7 Å². The van der Waals surface area contributed by atoms with Crippen molar-refractivity contribution < 1.29 is 32.3 Å². The Hall–Kier alpha value is -5.74. The second-order valence-electron chi connectivity index (χ2n) is 14.1. The zero-order chi connectivity index (χ0) is 38.9. The summed E-state index contributed by atoms with van der Waals surface area (Å²) in [5.41, 5.74) is 0.817. The summed E-state index contributed by atoms with van der Waals surface area (Å²) in [7, 11) is 0. The summed E-state index contributed by atoms with van der Waals surface area (Å²) in [6.07, 6.45) is -0.559. The van der Waals surface area contributed by atoms with Crippen LogP contribution in [0.25, 0.3) is 11.4 Å². The molecular formula is C37H42F3N9O5. The van der Waals surface area contributed by atoms with Crippen LogP contribution < -0.4 is 15.8 Å². The molecule has 5 heterocycles. The van der Waals surface area contributed by atoms with Crippen molar-refractivity contribution >= 4 is 40.6 Å². The molecule has 0 radical (unpaired) electrons. The highest BCUT2D eigenvalue weighted by molar-refractivity contribution is 5.94. The van der Waals surface area contributed by atoms with E-state index in [0.717, 1.165) is 22.2 Å². The number of nitrogens with zero attached hydrogens (tertiary/aromatic N) is 8. The van der Waals surface area contributed by atoms with Crippen LogP contribution in [0.4, 0.5) is 29.3 Å².